The van der Waals surface area contributed by atoms with Gasteiger partial charge < -0.3 is 15.0 Å². The maximum Gasteiger partial charge on any atom is 0.225 e. The molecule has 0 unspecified atom stereocenters. The Balaban J connectivity index is 1.36. The first kappa shape index (κ1) is 22.2. The minimum Gasteiger partial charge on any atom is -0.497 e. The normalized spacial score (nSPS) is 18.3. The van der Waals surface area contributed by atoms with Crippen LogP contribution in [-0.4, -0.2) is 46.9 Å². The van der Waals surface area contributed by atoms with E-state index in [9.17, 15) is 9.59 Å². The van der Waals surface area contributed by atoms with Gasteiger partial charge in [0.25, 0.3) is 0 Å². The Labute approximate surface area is 189 Å². The van der Waals surface area contributed by atoms with E-state index in [-0.39, 0.29) is 24.2 Å². The summed E-state index contributed by atoms with van der Waals surface area (Å²) in [6.07, 6.45) is 4.38. The van der Waals surface area contributed by atoms with Crippen LogP contribution in [0.1, 0.15) is 59.9 Å². The minimum absolute atomic E-state index is 0.0616. The molecule has 4 rings (SSSR count). The number of rotatable bonds is 7. The Morgan fingerprint density at radius 3 is 2.56 bits per heavy atom. The Hall–Kier alpha value is -2.96. The van der Waals surface area contributed by atoms with Gasteiger partial charge in [-0.15, -0.1) is 0 Å². The van der Waals surface area contributed by atoms with Gasteiger partial charge >= 0.3 is 0 Å². The Bertz CT molecular complexity index is 979. The number of aryl methyl sites for hydroxylation is 2. The zero-order valence-electron chi connectivity index (χ0n) is 19.2. The van der Waals surface area contributed by atoms with Crippen molar-refractivity contribution in [2.45, 2.75) is 58.4 Å². The highest BCUT2D eigenvalue weighted by molar-refractivity contribution is 5.80. The molecular weight excluding hydrogens is 404 g/mol. The topological polar surface area (TPSA) is 84.4 Å². The van der Waals surface area contributed by atoms with Crippen LogP contribution in [0, 0.1) is 19.8 Å². The van der Waals surface area contributed by atoms with Gasteiger partial charge in [-0.2, -0.15) is 0 Å². The van der Waals surface area contributed by atoms with Crippen LogP contribution in [0.2, 0.25) is 0 Å². The molecule has 1 aromatic carbocycles. The van der Waals surface area contributed by atoms with Crippen LogP contribution in [0.15, 0.2) is 24.3 Å². The predicted molar refractivity (Wildman–Crippen MR) is 121 cm³/mol. The van der Waals surface area contributed by atoms with E-state index in [1.807, 2.05) is 43.0 Å². The molecule has 7 nitrogen and oxygen atoms in total. The van der Waals surface area contributed by atoms with Crippen molar-refractivity contribution in [3.63, 3.8) is 0 Å². The smallest absolute Gasteiger partial charge is 0.225 e. The second-order valence-electron chi connectivity index (χ2n) is 8.93. The molecule has 1 N–H and O–H groups in total. The third kappa shape index (κ3) is 4.92. The van der Waals surface area contributed by atoms with Crippen LogP contribution < -0.4 is 10.1 Å². The zero-order chi connectivity index (χ0) is 22.7. The number of nitrogens with one attached hydrogen (secondary N) is 1. The number of likely N-dealkylation sites (tertiary alicyclic amines) is 1. The lowest BCUT2D eigenvalue weighted by Crippen LogP contribution is -2.37. The number of hydrogen-bond acceptors (Lipinski definition) is 5. The van der Waals surface area contributed by atoms with Crippen molar-refractivity contribution < 1.29 is 14.3 Å². The number of carbonyl (C=O) groups excluding carboxylic acids is 2. The maximum absolute atomic E-state index is 12.6. The molecule has 1 aliphatic carbocycles. The molecule has 7 heteroatoms. The monoisotopic (exact) mass is 436 g/mol. The second-order valence-corrected chi connectivity index (χ2v) is 8.93. The molecule has 1 aromatic heterocycles. The molecule has 2 aliphatic rings. The number of nitrogens with zero attached hydrogens (tertiary/aromatic N) is 3. The molecule has 1 saturated carbocycles. The number of amides is 2. The molecule has 2 amide bonds. The molecule has 170 valence electrons. The number of hydrogen-bond donors (Lipinski definition) is 1. The van der Waals surface area contributed by atoms with Gasteiger partial charge in [0.15, 0.2) is 0 Å². The van der Waals surface area contributed by atoms with E-state index < -0.39 is 0 Å². The van der Waals surface area contributed by atoms with E-state index in [0.29, 0.717) is 19.0 Å². The quantitative estimate of drug-likeness (QED) is 0.721. The standard InChI is InChI=1S/C25H32N4O3/c1-16-22(13-23(30)26-14-18-6-4-9-21(12-18)32-3)17(2)28-24(27-16)20-10-11-29(15-20)25(31)19-7-5-8-19/h4,6,9,12,19-20H,5,7-8,10-11,13-15H2,1-3H3,(H,26,30)/t20-/m1/s1. The summed E-state index contributed by atoms with van der Waals surface area (Å²) in [6.45, 7) is 5.81. The van der Waals surface area contributed by atoms with Crippen LogP contribution in [0.25, 0.3) is 0 Å². The first-order chi connectivity index (χ1) is 15.4. The van der Waals surface area contributed by atoms with Gasteiger partial charge in [0.2, 0.25) is 11.8 Å². The maximum atomic E-state index is 12.6. The number of aromatic nitrogens is 2. The Morgan fingerprint density at radius 1 is 1.16 bits per heavy atom. The third-order valence-corrected chi connectivity index (χ3v) is 6.72. The average molecular weight is 437 g/mol. The van der Waals surface area contributed by atoms with Gasteiger partial charge in [-0.05, 0) is 50.8 Å². The molecular formula is C25H32N4O3. The summed E-state index contributed by atoms with van der Waals surface area (Å²) in [5.41, 5.74) is 3.54. The van der Waals surface area contributed by atoms with Crippen molar-refractivity contribution >= 4 is 11.8 Å². The van der Waals surface area contributed by atoms with E-state index in [0.717, 1.165) is 59.9 Å². The summed E-state index contributed by atoms with van der Waals surface area (Å²) < 4.78 is 5.23. The lowest BCUT2D eigenvalue weighted by atomic mass is 9.84. The predicted octanol–water partition coefficient (Wildman–Crippen LogP) is 3.08. The van der Waals surface area contributed by atoms with Crippen molar-refractivity contribution in [1.82, 2.24) is 20.2 Å². The molecule has 1 saturated heterocycles. The summed E-state index contributed by atoms with van der Waals surface area (Å²) in [4.78, 5) is 36.6. The fraction of sp³-hybridized carbons (Fsp3) is 0.520. The van der Waals surface area contributed by atoms with Gasteiger partial charge in [0, 0.05) is 48.4 Å². The van der Waals surface area contributed by atoms with E-state index in [1.165, 1.54) is 6.42 Å². The van der Waals surface area contributed by atoms with Crippen molar-refractivity contribution in [2.24, 2.45) is 5.92 Å². The fourth-order valence-electron chi connectivity index (χ4n) is 4.49. The number of ether oxygens (including phenoxy) is 1. The lowest BCUT2D eigenvalue weighted by molar-refractivity contribution is -0.137. The zero-order valence-corrected chi connectivity index (χ0v) is 19.2. The van der Waals surface area contributed by atoms with Crippen molar-refractivity contribution in [1.29, 1.82) is 0 Å². The van der Waals surface area contributed by atoms with Gasteiger partial charge in [-0.1, -0.05) is 18.6 Å². The summed E-state index contributed by atoms with van der Waals surface area (Å²) in [7, 11) is 1.63. The minimum atomic E-state index is -0.0616. The molecule has 32 heavy (non-hydrogen) atoms. The molecule has 1 atom stereocenters. The molecule has 0 bridgehead atoms. The molecule has 0 spiro atoms. The highest BCUT2D eigenvalue weighted by Crippen LogP contribution is 2.32. The number of benzene rings is 1. The summed E-state index contributed by atoms with van der Waals surface area (Å²) in [5, 5.41) is 2.97. The van der Waals surface area contributed by atoms with Gasteiger partial charge in [0.1, 0.15) is 11.6 Å². The second kappa shape index (κ2) is 9.67. The molecule has 2 fully saturated rings. The molecule has 2 aromatic rings. The first-order valence-electron chi connectivity index (χ1n) is 11.5. The SMILES string of the molecule is COc1cccc(CNC(=O)Cc2c(C)nc([C@@H]3CCN(C(=O)C4CCC4)C3)nc2C)c1. The van der Waals surface area contributed by atoms with E-state index in [1.54, 1.807) is 7.11 Å². The van der Waals surface area contributed by atoms with Crippen LogP contribution in [0.3, 0.4) is 0 Å². The van der Waals surface area contributed by atoms with E-state index in [2.05, 4.69) is 5.32 Å². The van der Waals surface area contributed by atoms with Crippen molar-refractivity contribution in [3.05, 3.63) is 52.6 Å². The highest BCUT2D eigenvalue weighted by atomic mass is 16.5. The number of carbonyl (C=O) groups is 2. The summed E-state index contributed by atoms with van der Waals surface area (Å²) >= 11 is 0. The van der Waals surface area contributed by atoms with Gasteiger partial charge in [0.05, 0.1) is 13.5 Å². The van der Waals surface area contributed by atoms with E-state index >= 15 is 0 Å². The largest absolute Gasteiger partial charge is 0.497 e. The van der Waals surface area contributed by atoms with Gasteiger partial charge in [-0.25, -0.2) is 9.97 Å². The first-order valence-corrected chi connectivity index (χ1v) is 11.5. The Morgan fingerprint density at radius 2 is 1.91 bits per heavy atom. The summed E-state index contributed by atoms with van der Waals surface area (Å²) in [6, 6.07) is 7.65. The molecule has 2 heterocycles. The van der Waals surface area contributed by atoms with Crippen LogP contribution in [-0.2, 0) is 22.6 Å². The Kier molecular flexibility index (Phi) is 6.72. The third-order valence-electron chi connectivity index (χ3n) is 6.72. The van der Waals surface area contributed by atoms with Gasteiger partial charge in [-0.3, -0.25) is 9.59 Å². The lowest BCUT2D eigenvalue weighted by Gasteiger charge is -2.29. The average Bonchev–Trinajstić information content (AvgIpc) is 3.24. The van der Waals surface area contributed by atoms with Crippen LogP contribution in [0.4, 0.5) is 0 Å². The van der Waals surface area contributed by atoms with Crippen molar-refractivity contribution in [3.8, 4) is 5.75 Å². The summed E-state index contributed by atoms with van der Waals surface area (Å²) in [5.74, 6) is 2.21. The fourth-order valence-corrected chi connectivity index (χ4v) is 4.49. The van der Waals surface area contributed by atoms with Crippen molar-refractivity contribution in [2.75, 3.05) is 20.2 Å². The number of methoxy groups -OCH3 is 1. The van der Waals surface area contributed by atoms with E-state index in [4.69, 9.17) is 14.7 Å². The van der Waals surface area contributed by atoms with Crippen LogP contribution in [0.5, 0.6) is 5.75 Å². The highest BCUT2D eigenvalue weighted by Gasteiger charge is 2.35. The molecule has 1 aliphatic heterocycles. The van der Waals surface area contributed by atoms with Crippen LogP contribution >= 0.6 is 0 Å². The molecule has 0 radical (unpaired) electrons.